The Balaban J connectivity index is 1.04. The van der Waals surface area contributed by atoms with Gasteiger partial charge >= 0.3 is 0 Å². The van der Waals surface area contributed by atoms with Crippen LogP contribution in [0.1, 0.15) is 38.8 Å². The van der Waals surface area contributed by atoms with Crippen molar-refractivity contribution in [2.45, 2.75) is 25.2 Å². The van der Waals surface area contributed by atoms with Crippen LogP contribution in [-0.4, -0.2) is 66.1 Å². The van der Waals surface area contributed by atoms with Crippen molar-refractivity contribution in [2.75, 3.05) is 44.8 Å². The van der Waals surface area contributed by atoms with Crippen LogP contribution in [0.2, 0.25) is 0 Å². The molecule has 2 amide bonds. The number of thiazole rings is 1. The van der Waals surface area contributed by atoms with E-state index in [1.54, 1.807) is 18.2 Å². The van der Waals surface area contributed by atoms with Crippen LogP contribution in [0.15, 0.2) is 48.5 Å². The molecule has 1 unspecified atom stereocenters. The molecule has 186 valence electrons. The van der Waals surface area contributed by atoms with Gasteiger partial charge in [0, 0.05) is 43.2 Å². The molecular weight excluding hydrogens is 476 g/mol. The number of carbonyl (C=O) groups is 2. The van der Waals surface area contributed by atoms with Crippen molar-refractivity contribution in [2.24, 2.45) is 0 Å². The van der Waals surface area contributed by atoms with Gasteiger partial charge in [-0.15, -0.1) is 11.3 Å². The van der Waals surface area contributed by atoms with Gasteiger partial charge in [0.25, 0.3) is 5.91 Å². The van der Waals surface area contributed by atoms with Gasteiger partial charge in [0.2, 0.25) is 12.7 Å². The minimum atomic E-state index is -0.254. The Morgan fingerprint density at radius 1 is 1.03 bits per heavy atom. The van der Waals surface area contributed by atoms with E-state index in [0.29, 0.717) is 22.2 Å². The number of nitrogens with zero attached hydrogens (tertiary/aromatic N) is 3. The SMILES string of the molecule is O=C(Nc1nc2c(s1)CCC2C(=O)N1CCN(CCc2ccccc2)CC1)c1ccc2c(c1)OCO2. The van der Waals surface area contributed by atoms with Gasteiger partial charge in [-0.1, -0.05) is 30.3 Å². The molecule has 1 atom stereocenters. The topological polar surface area (TPSA) is 84.0 Å². The Morgan fingerprint density at radius 3 is 2.67 bits per heavy atom. The zero-order valence-electron chi connectivity index (χ0n) is 19.9. The van der Waals surface area contributed by atoms with E-state index in [0.717, 1.165) is 62.6 Å². The van der Waals surface area contributed by atoms with Crippen molar-refractivity contribution in [3.63, 3.8) is 0 Å². The lowest BCUT2D eigenvalue weighted by atomic mass is 10.1. The number of ether oxygens (including phenoxy) is 2. The summed E-state index contributed by atoms with van der Waals surface area (Å²) in [6.45, 7) is 4.46. The first-order valence-electron chi connectivity index (χ1n) is 12.4. The minimum Gasteiger partial charge on any atom is -0.454 e. The summed E-state index contributed by atoms with van der Waals surface area (Å²) in [7, 11) is 0. The largest absolute Gasteiger partial charge is 0.454 e. The maximum absolute atomic E-state index is 13.4. The number of piperazine rings is 1. The number of amides is 2. The first kappa shape index (κ1) is 23.0. The molecule has 0 bridgehead atoms. The third-order valence-electron chi connectivity index (χ3n) is 7.11. The normalized spacial score (nSPS) is 18.8. The number of benzene rings is 2. The van der Waals surface area contributed by atoms with Crippen LogP contribution < -0.4 is 14.8 Å². The highest BCUT2D eigenvalue weighted by Gasteiger charge is 2.36. The van der Waals surface area contributed by atoms with Crippen molar-refractivity contribution < 1.29 is 19.1 Å². The second kappa shape index (κ2) is 9.91. The Morgan fingerprint density at radius 2 is 1.83 bits per heavy atom. The highest BCUT2D eigenvalue weighted by Crippen LogP contribution is 2.40. The Labute approximate surface area is 213 Å². The molecule has 1 saturated heterocycles. The number of fused-ring (bicyclic) bond motifs is 2. The quantitative estimate of drug-likeness (QED) is 0.553. The van der Waals surface area contributed by atoms with Crippen molar-refractivity contribution in [1.29, 1.82) is 0 Å². The van der Waals surface area contributed by atoms with Gasteiger partial charge in [0.1, 0.15) is 0 Å². The van der Waals surface area contributed by atoms with Crippen molar-refractivity contribution in [3.05, 3.63) is 70.2 Å². The lowest BCUT2D eigenvalue weighted by Gasteiger charge is -2.36. The fourth-order valence-electron chi connectivity index (χ4n) is 5.07. The number of hydrogen-bond acceptors (Lipinski definition) is 7. The zero-order chi connectivity index (χ0) is 24.5. The predicted octanol–water partition coefficient (Wildman–Crippen LogP) is 3.54. The average Bonchev–Trinajstić information content (AvgIpc) is 3.63. The molecular formula is C27H28N4O4S. The third-order valence-corrected chi connectivity index (χ3v) is 8.16. The number of carbonyl (C=O) groups excluding carboxylic acids is 2. The maximum Gasteiger partial charge on any atom is 0.257 e. The van der Waals surface area contributed by atoms with Crippen LogP contribution in [-0.2, 0) is 17.6 Å². The monoisotopic (exact) mass is 504 g/mol. The van der Waals surface area contributed by atoms with E-state index < -0.39 is 0 Å². The molecule has 6 rings (SSSR count). The van der Waals surface area contributed by atoms with E-state index >= 15 is 0 Å². The smallest absolute Gasteiger partial charge is 0.257 e. The van der Waals surface area contributed by atoms with E-state index in [2.05, 4.69) is 39.5 Å². The number of aryl methyl sites for hydroxylation is 1. The van der Waals surface area contributed by atoms with Crippen molar-refractivity contribution in [3.8, 4) is 11.5 Å². The number of rotatable bonds is 6. The number of hydrogen-bond donors (Lipinski definition) is 1. The van der Waals surface area contributed by atoms with E-state index in [-0.39, 0.29) is 24.5 Å². The molecule has 3 aliphatic rings. The van der Waals surface area contributed by atoms with Gasteiger partial charge in [0.05, 0.1) is 11.6 Å². The van der Waals surface area contributed by atoms with Gasteiger partial charge in [0.15, 0.2) is 16.6 Å². The molecule has 3 aromatic rings. The van der Waals surface area contributed by atoms with Crippen LogP contribution in [0, 0.1) is 0 Å². The Bertz CT molecular complexity index is 1270. The lowest BCUT2D eigenvalue weighted by molar-refractivity contribution is -0.134. The minimum absolute atomic E-state index is 0.162. The van der Waals surface area contributed by atoms with E-state index in [4.69, 9.17) is 9.47 Å². The molecule has 0 radical (unpaired) electrons. The molecule has 2 aliphatic heterocycles. The molecule has 0 spiro atoms. The fraction of sp³-hybridized carbons (Fsp3) is 0.370. The molecule has 0 saturated carbocycles. The summed E-state index contributed by atoms with van der Waals surface area (Å²) in [4.78, 5) is 36.3. The fourth-order valence-corrected chi connectivity index (χ4v) is 6.11. The van der Waals surface area contributed by atoms with Crippen molar-refractivity contribution in [1.82, 2.24) is 14.8 Å². The van der Waals surface area contributed by atoms with Gasteiger partial charge in [-0.05, 0) is 43.0 Å². The first-order valence-corrected chi connectivity index (χ1v) is 13.2. The van der Waals surface area contributed by atoms with Gasteiger partial charge in [-0.2, -0.15) is 0 Å². The zero-order valence-corrected chi connectivity index (χ0v) is 20.8. The number of anilines is 1. The summed E-state index contributed by atoms with van der Waals surface area (Å²) in [5.74, 6) is 0.891. The molecule has 8 nitrogen and oxygen atoms in total. The highest BCUT2D eigenvalue weighted by atomic mass is 32.1. The molecule has 1 aromatic heterocycles. The predicted molar refractivity (Wildman–Crippen MR) is 137 cm³/mol. The molecule has 1 aliphatic carbocycles. The van der Waals surface area contributed by atoms with Crippen LogP contribution >= 0.6 is 11.3 Å². The van der Waals surface area contributed by atoms with Crippen LogP contribution in [0.5, 0.6) is 11.5 Å². The second-order valence-corrected chi connectivity index (χ2v) is 10.4. The van der Waals surface area contributed by atoms with E-state index in [1.165, 1.54) is 16.9 Å². The molecule has 1 fully saturated rings. The Hall–Kier alpha value is -3.43. The van der Waals surface area contributed by atoms with Crippen LogP contribution in [0.3, 0.4) is 0 Å². The number of aromatic nitrogens is 1. The highest BCUT2D eigenvalue weighted by molar-refractivity contribution is 7.16. The van der Waals surface area contributed by atoms with E-state index in [1.807, 2.05) is 11.0 Å². The summed E-state index contributed by atoms with van der Waals surface area (Å²) in [6, 6.07) is 15.6. The second-order valence-electron chi connectivity index (χ2n) is 9.34. The summed E-state index contributed by atoms with van der Waals surface area (Å²) in [6.07, 6.45) is 2.64. The molecule has 3 heterocycles. The van der Waals surface area contributed by atoms with Gasteiger partial charge in [-0.25, -0.2) is 4.98 Å². The van der Waals surface area contributed by atoms with E-state index in [9.17, 15) is 9.59 Å². The van der Waals surface area contributed by atoms with Gasteiger partial charge in [-0.3, -0.25) is 19.8 Å². The summed E-state index contributed by atoms with van der Waals surface area (Å²) in [5, 5.41) is 3.42. The summed E-state index contributed by atoms with van der Waals surface area (Å²) >= 11 is 1.47. The molecule has 1 N–H and O–H groups in total. The number of nitrogens with one attached hydrogen (secondary N) is 1. The maximum atomic E-state index is 13.4. The first-order chi connectivity index (χ1) is 17.6. The molecule has 2 aromatic carbocycles. The summed E-state index contributed by atoms with van der Waals surface area (Å²) in [5.41, 5.74) is 2.66. The Kier molecular flexibility index (Phi) is 6.33. The van der Waals surface area contributed by atoms with Crippen LogP contribution in [0.25, 0.3) is 0 Å². The van der Waals surface area contributed by atoms with Gasteiger partial charge < -0.3 is 14.4 Å². The standard InChI is InChI=1S/C27H28N4O4S/c32-25(19-6-8-21-22(16-19)35-17-34-21)29-27-28-24-20(7-9-23(24)36-27)26(33)31-14-12-30(13-15-31)11-10-18-4-2-1-3-5-18/h1-6,8,16,20H,7,9-15,17H2,(H,28,29,32). The lowest BCUT2D eigenvalue weighted by Crippen LogP contribution is -2.50. The van der Waals surface area contributed by atoms with Crippen LogP contribution in [0.4, 0.5) is 5.13 Å². The average molecular weight is 505 g/mol. The molecule has 36 heavy (non-hydrogen) atoms. The third kappa shape index (κ3) is 4.68. The molecule has 9 heteroatoms. The summed E-state index contributed by atoms with van der Waals surface area (Å²) < 4.78 is 10.7. The van der Waals surface area contributed by atoms with Crippen molar-refractivity contribution >= 4 is 28.3 Å².